The summed E-state index contributed by atoms with van der Waals surface area (Å²) in [7, 11) is 0. The summed E-state index contributed by atoms with van der Waals surface area (Å²) in [6, 6.07) is -0.00463. The number of hydrogen-bond donors (Lipinski definition) is 2. The smallest absolute Gasteiger partial charge is 0.345 e. The van der Waals surface area contributed by atoms with Crippen LogP contribution in [0.2, 0.25) is 0 Å². The largest absolute Gasteiger partial charge is 0.349 e. The van der Waals surface area contributed by atoms with Gasteiger partial charge in [0.15, 0.2) is 0 Å². The Hall–Kier alpha value is -0.970. The van der Waals surface area contributed by atoms with Crippen LogP contribution in [0.3, 0.4) is 0 Å². The Morgan fingerprint density at radius 3 is 2.83 bits per heavy atom. The first-order valence-corrected chi connectivity index (χ1v) is 1.31. The number of nitrogens with two attached hydrogens (primary N) is 1. The van der Waals surface area contributed by atoms with Gasteiger partial charge in [0.05, 0.1) is 0 Å². The molecule has 1 aliphatic heterocycles. The van der Waals surface area contributed by atoms with Crippen LogP contribution in [-0.2, 0) is 9.88 Å². The lowest BCUT2D eigenvalue weighted by atomic mass is 11.2. The summed E-state index contributed by atoms with van der Waals surface area (Å²) in [5.41, 5.74) is 6.89. The van der Waals surface area contributed by atoms with Gasteiger partial charge in [0, 0.05) is 0 Å². The molecule has 0 bridgehead atoms. The molecule has 1 rings (SSSR count). The molecule has 0 aromatic heterocycles. The first kappa shape index (κ1) is 3.23. The van der Waals surface area contributed by atoms with Crippen LogP contribution in [0, 0.1) is 0 Å². The molecule has 0 atom stereocenters. The summed E-state index contributed by atoms with van der Waals surface area (Å²) in [6.07, 6.45) is 0. The van der Waals surface area contributed by atoms with Gasteiger partial charge in [-0.05, 0) is 4.99 Å². The van der Waals surface area contributed by atoms with Crippen LogP contribution in [0.1, 0.15) is 0 Å². The van der Waals surface area contributed by atoms with E-state index in [1.807, 2.05) is 5.59 Å². The SMILES string of the molecule is NC1=NNOO1. The van der Waals surface area contributed by atoms with Crippen molar-refractivity contribution in [1.82, 2.24) is 5.59 Å². The number of hydrazone groups is 1. The standard InChI is InChI=1S/CH3N3O2/c2-1-3-4-6-5-1/h4H,(H2,2,3). The minimum atomic E-state index is -0.00463. The van der Waals surface area contributed by atoms with Crippen LogP contribution < -0.4 is 11.3 Å². The molecular weight excluding hydrogens is 86.0 g/mol. The Morgan fingerprint density at radius 1 is 1.83 bits per heavy atom. The van der Waals surface area contributed by atoms with Gasteiger partial charge >= 0.3 is 6.02 Å². The van der Waals surface area contributed by atoms with Crippen molar-refractivity contribution in [3.63, 3.8) is 0 Å². The fourth-order valence-corrected chi connectivity index (χ4v) is 0.144. The third-order valence-corrected chi connectivity index (χ3v) is 0.320. The molecule has 0 aliphatic carbocycles. The van der Waals surface area contributed by atoms with Crippen LogP contribution in [-0.4, -0.2) is 6.02 Å². The van der Waals surface area contributed by atoms with E-state index in [1.165, 1.54) is 0 Å². The van der Waals surface area contributed by atoms with Crippen LogP contribution in [0.25, 0.3) is 0 Å². The molecule has 3 N–H and O–H groups in total. The van der Waals surface area contributed by atoms with Gasteiger partial charge in [0.1, 0.15) is 0 Å². The topological polar surface area (TPSA) is 68.9 Å². The van der Waals surface area contributed by atoms with Crippen LogP contribution in [0.4, 0.5) is 0 Å². The molecule has 0 saturated carbocycles. The zero-order valence-corrected chi connectivity index (χ0v) is 2.84. The van der Waals surface area contributed by atoms with Crippen molar-refractivity contribution in [2.45, 2.75) is 0 Å². The zero-order valence-electron chi connectivity index (χ0n) is 2.84. The lowest BCUT2D eigenvalue weighted by Crippen LogP contribution is -2.09. The maximum absolute atomic E-state index is 4.88. The molecule has 6 heavy (non-hydrogen) atoms. The third-order valence-electron chi connectivity index (χ3n) is 0.320. The molecule has 0 fully saturated rings. The average molecular weight is 89.1 g/mol. The fraction of sp³-hybridized carbons (Fsp3) is 0. The molecule has 34 valence electrons. The summed E-state index contributed by atoms with van der Waals surface area (Å²) >= 11 is 0. The van der Waals surface area contributed by atoms with Gasteiger partial charge < -0.3 is 5.73 Å². The quantitative estimate of drug-likeness (QED) is 0.361. The van der Waals surface area contributed by atoms with Crippen molar-refractivity contribution in [3.05, 3.63) is 0 Å². The van der Waals surface area contributed by atoms with Crippen molar-refractivity contribution >= 4 is 6.02 Å². The molecule has 0 aromatic carbocycles. The van der Waals surface area contributed by atoms with Crippen LogP contribution in [0.15, 0.2) is 5.10 Å². The Bertz CT molecular complexity index is 78.9. The lowest BCUT2D eigenvalue weighted by Gasteiger charge is -1.81. The number of amidine groups is 1. The van der Waals surface area contributed by atoms with Gasteiger partial charge in [0.2, 0.25) is 0 Å². The Kier molecular flexibility index (Phi) is 0.548. The molecule has 0 unspecified atom stereocenters. The van der Waals surface area contributed by atoms with E-state index < -0.39 is 0 Å². The Labute approximate surface area is 33.6 Å². The Morgan fingerprint density at radius 2 is 2.67 bits per heavy atom. The number of rotatable bonds is 0. The van der Waals surface area contributed by atoms with E-state index in [4.69, 9.17) is 5.73 Å². The zero-order chi connectivity index (χ0) is 4.41. The van der Waals surface area contributed by atoms with E-state index in [0.29, 0.717) is 0 Å². The van der Waals surface area contributed by atoms with E-state index in [0.717, 1.165) is 0 Å². The molecule has 5 nitrogen and oxygen atoms in total. The Balaban J connectivity index is 2.45. The molecule has 5 heteroatoms. The maximum Gasteiger partial charge on any atom is 0.345 e. The first-order valence-electron chi connectivity index (χ1n) is 1.31. The van der Waals surface area contributed by atoms with Crippen molar-refractivity contribution in [2.24, 2.45) is 10.8 Å². The van der Waals surface area contributed by atoms with E-state index in [9.17, 15) is 0 Å². The molecular formula is CH3N3O2. The molecule has 1 heterocycles. The van der Waals surface area contributed by atoms with Gasteiger partial charge in [-0.1, -0.05) is 5.10 Å². The number of hydrogen-bond acceptors (Lipinski definition) is 5. The highest BCUT2D eigenvalue weighted by molar-refractivity contribution is 5.70. The first-order chi connectivity index (χ1) is 2.89. The highest BCUT2D eigenvalue weighted by atomic mass is 17.3. The lowest BCUT2D eigenvalue weighted by molar-refractivity contribution is -0.250. The van der Waals surface area contributed by atoms with Crippen molar-refractivity contribution in [2.75, 3.05) is 0 Å². The molecule has 0 aromatic rings. The third kappa shape index (κ3) is 0.343. The van der Waals surface area contributed by atoms with E-state index in [1.54, 1.807) is 0 Å². The molecule has 0 saturated heterocycles. The summed E-state index contributed by atoms with van der Waals surface area (Å²) < 4.78 is 0. The normalized spacial score (nSPS) is 18.3. The molecule has 0 amide bonds. The van der Waals surface area contributed by atoms with E-state index >= 15 is 0 Å². The predicted molar refractivity (Wildman–Crippen MR) is 16.9 cm³/mol. The number of nitrogens with zero attached hydrogens (tertiary/aromatic N) is 1. The molecule has 1 aliphatic rings. The monoisotopic (exact) mass is 89.0 g/mol. The average Bonchev–Trinajstić information content (AvgIpc) is 1.86. The second kappa shape index (κ2) is 1.02. The van der Waals surface area contributed by atoms with Gasteiger partial charge in [-0.3, -0.25) is 4.89 Å². The summed E-state index contributed by atoms with van der Waals surface area (Å²) in [5, 5.41) is 3.24. The van der Waals surface area contributed by atoms with Gasteiger partial charge in [-0.15, -0.1) is 5.59 Å². The highest BCUT2D eigenvalue weighted by Crippen LogP contribution is 1.79. The summed E-state index contributed by atoms with van der Waals surface area (Å²) in [6.45, 7) is 0. The summed E-state index contributed by atoms with van der Waals surface area (Å²) in [5.74, 6) is 0. The van der Waals surface area contributed by atoms with E-state index in [2.05, 4.69) is 15.0 Å². The predicted octanol–water partition coefficient (Wildman–Crippen LogP) is -1.32. The van der Waals surface area contributed by atoms with Crippen molar-refractivity contribution in [3.8, 4) is 0 Å². The van der Waals surface area contributed by atoms with Crippen molar-refractivity contribution < 1.29 is 9.88 Å². The van der Waals surface area contributed by atoms with Crippen molar-refractivity contribution in [1.29, 1.82) is 0 Å². The van der Waals surface area contributed by atoms with Gasteiger partial charge in [0.25, 0.3) is 0 Å². The molecule has 0 spiro atoms. The fourth-order valence-electron chi connectivity index (χ4n) is 0.144. The van der Waals surface area contributed by atoms with E-state index in [-0.39, 0.29) is 6.02 Å². The summed E-state index contributed by atoms with van der Waals surface area (Å²) in [4.78, 5) is 8.05. The van der Waals surface area contributed by atoms with Crippen LogP contribution >= 0.6 is 0 Å². The number of nitrogens with one attached hydrogen (secondary N) is 1. The molecule has 0 radical (unpaired) electrons. The van der Waals surface area contributed by atoms with Crippen LogP contribution in [0.5, 0.6) is 0 Å². The second-order valence-corrected chi connectivity index (χ2v) is 0.708. The van der Waals surface area contributed by atoms with Gasteiger partial charge in [-0.2, -0.15) is 0 Å². The van der Waals surface area contributed by atoms with Gasteiger partial charge in [-0.25, -0.2) is 0 Å². The minimum absolute atomic E-state index is 0.00463. The second-order valence-electron chi connectivity index (χ2n) is 0.708. The highest BCUT2D eigenvalue weighted by Gasteiger charge is 1.98. The maximum atomic E-state index is 4.88. The minimum Gasteiger partial charge on any atom is -0.349 e.